The first kappa shape index (κ1) is 17.7. The second-order valence-corrected chi connectivity index (χ2v) is 8.49. The summed E-state index contributed by atoms with van der Waals surface area (Å²) < 4.78 is 0. The second kappa shape index (κ2) is 8.80. The Hall–Kier alpha value is -0.160. The number of hydrogen-bond acceptors (Lipinski definition) is 4. The molecule has 4 heteroatoms. The van der Waals surface area contributed by atoms with Gasteiger partial charge >= 0.3 is 0 Å². The third-order valence-corrected chi connectivity index (χ3v) is 5.96. The van der Waals surface area contributed by atoms with E-state index in [1.54, 1.807) is 0 Å². The normalized spacial score (nSPS) is 32.1. The minimum atomic E-state index is 0.888. The van der Waals surface area contributed by atoms with Crippen LogP contribution < -0.4 is 0 Å². The molecule has 3 fully saturated rings. The maximum absolute atomic E-state index is 2.70. The average molecular weight is 323 g/mol. The van der Waals surface area contributed by atoms with Crippen molar-refractivity contribution in [2.45, 2.75) is 39.5 Å². The Labute approximate surface area is 143 Å². The zero-order chi connectivity index (χ0) is 16.1. The lowest BCUT2D eigenvalue weighted by atomic mass is 9.92. The molecule has 3 saturated heterocycles. The fourth-order valence-electron chi connectivity index (χ4n) is 4.85. The predicted molar refractivity (Wildman–Crippen MR) is 97.7 cm³/mol. The van der Waals surface area contributed by atoms with Crippen LogP contribution in [0.25, 0.3) is 0 Å². The quantitative estimate of drug-likeness (QED) is 0.711. The van der Waals surface area contributed by atoms with E-state index in [2.05, 4.69) is 33.4 Å². The van der Waals surface area contributed by atoms with Crippen LogP contribution in [0.1, 0.15) is 39.5 Å². The van der Waals surface area contributed by atoms with Crippen LogP contribution in [-0.2, 0) is 0 Å². The van der Waals surface area contributed by atoms with Gasteiger partial charge in [0.1, 0.15) is 0 Å². The van der Waals surface area contributed by atoms with E-state index in [1.807, 2.05) is 0 Å². The highest BCUT2D eigenvalue weighted by molar-refractivity contribution is 4.78. The van der Waals surface area contributed by atoms with Gasteiger partial charge in [0.15, 0.2) is 0 Å². The average Bonchev–Trinajstić information content (AvgIpc) is 3.16. The number of rotatable bonds is 7. The molecule has 4 nitrogen and oxygen atoms in total. The Morgan fingerprint density at radius 3 is 1.91 bits per heavy atom. The molecule has 134 valence electrons. The summed E-state index contributed by atoms with van der Waals surface area (Å²) in [5, 5.41) is 0. The first-order valence-corrected chi connectivity index (χ1v) is 10.1. The molecule has 2 atom stereocenters. The van der Waals surface area contributed by atoms with Gasteiger partial charge in [-0.15, -0.1) is 0 Å². The SMILES string of the molecule is CC1CC(C)CN(CCN2CCN(CCCN3CCCC3)C2)C1. The van der Waals surface area contributed by atoms with E-state index in [1.165, 1.54) is 97.8 Å². The van der Waals surface area contributed by atoms with Gasteiger partial charge in [-0.3, -0.25) is 9.80 Å². The Balaban J connectivity index is 1.27. The summed E-state index contributed by atoms with van der Waals surface area (Å²) >= 11 is 0. The van der Waals surface area contributed by atoms with Crippen LogP contribution in [0, 0.1) is 11.8 Å². The van der Waals surface area contributed by atoms with E-state index < -0.39 is 0 Å². The molecule has 0 aromatic carbocycles. The minimum Gasteiger partial charge on any atom is -0.303 e. The lowest BCUT2D eigenvalue weighted by Crippen LogP contribution is -2.42. The fraction of sp³-hybridized carbons (Fsp3) is 1.00. The molecule has 23 heavy (non-hydrogen) atoms. The van der Waals surface area contributed by atoms with Crippen LogP contribution >= 0.6 is 0 Å². The van der Waals surface area contributed by atoms with Crippen molar-refractivity contribution in [1.82, 2.24) is 19.6 Å². The first-order valence-electron chi connectivity index (χ1n) is 10.1. The molecule has 0 N–H and O–H groups in total. The van der Waals surface area contributed by atoms with E-state index in [0.717, 1.165) is 11.8 Å². The van der Waals surface area contributed by atoms with E-state index >= 15 is 0 Å². The lowest BCUT2D eigenvalue weighted by molar-refractivity contribution is 0.123. The smallest absolute Gasteiger partial charge is 0.0507 e. The van der Waals surface area contributed by atoms with E-state index in [4.69, 9.17) is 0 Å². The highest BCUT2D eigenvalue weighted by atomic mass is 15.4. The van der Waals surface area contributed by atoms with Gasteiger partial charge in [0.05, 0.1) is 6.67 Å². The van der Waals surface area contributed by atoms with Crippen LogP contribution in [0.3, 0.4) is 0 Å². The zero-order valence-electron chi connectivity index (χ0n) is 15.6. The Morgan fingerprint density at radius 2 is 1.22 bits per heavy atom. The molecular weight excluding hydrogens is 284 g/mol. The highest BCUT2D eigenvalue weighted by Gasteiger charge is 2.24. The molecule has 3 heterocycles. The second-order valence-electron chi connectivity index (χ2n) is 8.49. The highest BCUT2D eigenvalue weighted by Crippen LogP contribution is 2.20. The standard InChI is InChI=1S/C19H38N4/c1-18-14-19(2)16-23(15-18)13-12-22-11-10-21(17-22)9-5-8-20-6-3-4-7-20/h18-19H,3-17H2,1-2H3. The van der Waals surface area contributed by atoms with Crippen LogP contribution in [0.4, 0.5) is 0 Å². The van der Waals surface area contributed by atoms with Crippen molar-refractivity contribution in [3.8, 4) is 0 Å². The molecule has 0 amide bonds. The first-order chi connectivity index (χ1) is 11.2. The molecular formula is C19H38N4. The summed E-state index contributed by atoms with van der Waals surface area (Å²) in [5.41, 5.74) is 0. The summed E-state index contributed by atoms with van der Waals surface area (Å²) in [6.07, 6.45) is 5.62. The zero-order valence-corrected chi connectivity index (χ0v) is 15.6. The number of nitrogens with zero attached hydrogens (tertiary/aromatic N) is 4. The monoisotopic (exact) mass is 322 g/mol. The molecule has 0 aromatic heterocycles. The molecule has 3 aliphatic heterocycles. The molecule has 0 spiro atoms. The largest absolute Gasteiger partial charge is 0.303 e. The van der Waals surface area contributed by atoms with E-state index in [0.29, 0.717) is 0 Å². The van der Waals surface area contributed by atoms with Crippen molar-refractivity contribution in [3.05, 3.63) is 0 Å². The van der Waals surface area contributed by atoms with Crippen LogP contribution in [0.2, 0.25) is 0 Å². The van der Waals surface area contributed by atoms with Crippen LogP contribution in [-0.4, -0.2) is 91.7 Å². The van der Waals surface area contributed by atoms with Gasteiger partial charge < -0.3 is 9.80 Å². The van der Waals surface area contributed by atoms with Gasteiger partial charge in [0.2, 0.25) is 0 Å². The summed E-state index contributed by atoms with van der Waals surface area (Å²) in [5.74, 6) is 1.78. The number of hydrogen-bond donors (Lipinski definition) is 0. The summed E-state index contributed by atoms with van der Waals surface area (Å²) in [4.78, 5) is 10.7. The van der Waals surface area contributed by atoms with Gasteiger partial charge in [-0.1, -0.05) is 13.8 Å². The van der Waals surface area contributed by atoms with Gasteiger partial charge in [0.25, 0.3) is 0 Å². The van der Waals surface area contributed by atoms with Crippen molar-refractivity contribution >= 4 is 0 Å². The van der Waals surface area contributed by atoms with Crippen molar-refractivity contribution in [2.75, 3.05) is 72.1 Å². The van der Waals surface area contributed by atoms with Crippen LogP contribution in [0.15, 0.2) is 0 Å². The fourth-order valence-corrected chi connectivity index (χ4v) is 4.85. The Bertz CT molecular complexity index is 332. The molecule has 0 bridgehead atoms. The van der Waals surface area contributed by atoms with Gasteiger partial charge in [0, 0.05) is 45.8 Å². The Kier molecular flexibility index (Phi) is 6.75. The lowest BCUT2D eigenvalue weighted by Gasteiger charge is -2.35. The third kappa shape index (κ3) is 5.70. The van der Waals surface area contributed by atoms with Gasteiger partial charge in [-0.2, -0.15) is 0 Å². The summed E-state index contributed by atoms with van der Waals surface area (Å²) in [7, 11) is 0. The summed E-state index contributed by atoms with van der Waals surface area (Å²) in [6, 6.07) is 0. The number of likely N-dealkylation sites (tertiary alicyclic amines) is 2. The van der Waals surface area contributed by atoms with Crippen molar-refractivity contribution in [1.29, 1.82) is 0 Å². The molecule has 3 aliphatic rings. The summed E-state index contributed by atoms with van der Waals surface area (Å²) in [6.45, 7) is 19.1. The van der Waals surface area contributed by atoms with E-state index in [9.17, 15) is 0 Å². The maximum Gasteiger partial charge on any atom is 0.0507 e. The Morgan fingerprint density at radius 1 is 0.652 bits per heavy atom. The molecule has 0 radical (unpaired) electrons. The predicted octanol–water partition coefficient (Wildman–Crippen LogP) is 2.03. The van der Waals surface area contributed by atoms with Crippen molar-refractivity contribution in [2.24, 2.45) is 11.8 Å². The van der Waals surface area contributed by atoms with E-state index in [-0.39, 0.29) is 0 Å². The number of piperidine rings is 1. The molecule has 0 saturated carbocycles. The topological polar surface area (TPSA) is 13.0 Å². The molecule has 0 aromatic rings. The molecule has 2 unspecified atom stereocenters. The molecule has 3 rings (SSSR count). The maximum atomic E-state index is 2.70. The van der Waals surface area contributed by atoms with Crippen molar-refractivity contribution in [3.63, 3.8) is 0 Å². The minimum absolute atomic E-state index is 0.888. The van der Waals surface area contributed by atoms with Crippen LogP contribution in [0.5, 0.6) is 0 Å². The van der Waals surface area contributed by atoms with Gasteiger partial charge in [-0.25, -0.2) is 0 Å². The third-order valence-electron chi connectivity index (χ3n) is 5.96. The van der Waals surface area contributed by atoms with Crippen molar-refractivity contribution < 1.29 is 0 Å². The van der Waals surface area contributed by atoms with Gasteiger partial charge in [-0.05, 0) is 57.2 Å². The molecule has 0 aliphatic carbocycles.